The summed E-state index contributed by atoms with van der Waals surface area (Å²) in [5.74, 6) is -2.71. The number of amides is 1. The van der Waals surface area contributed by atoms with Crippen molar-refractivity contribution in [3.05, 3.63) is 72.3 Å². The number of nitrogens with one attached hydrogen (secondary N) is 1. The van der Waals surface area contributed by atoms with Crippen LogP contribution in [0.5, 0.6) is 0 Å². The molecule has 0 aliphatic rings. The van der Waals surface area contributed by atoms with E-state index in [2.05, 4.69) is 5.32 Å². The van der Waals surface area contributed by atoms with Crippen molar-refractivity contribution in [2.45, 2.75) is 11.8 Å². The molecular formula is C20H18F2N2O3S. The average Bonchev–Trinajstić information content (AvgIpc) is 2.68. The van der Waals surface area contributed by atoms with Gasteiger partial charge in [0, 0.05) is 6.54 Å². The summed E-state index contributed by atoms with van der Waals surface area (Å²) in [6.45, 7) is 1.03. The van der Waals surface area contributed by atoms with E-state index < -0.39 is 39.8 Å². The first-order valence-electron chi connectivity index (χ1n) is 8.55. The van der Waals surface area contributed by atoms with E-state index in [0.717, 1.165) is 27.2 Å². The first kappa shape index (κ1) is 19.9. The Hall–Kier alpha value is -2.84. The fourth-order valence-electron chi connectivity index (χ4n) is 2.80. The van der Waals surface area contributed by atoms with E-state index in [9.17, 15) is 22.0 Å². The number of para-hydroxylation sites is 1. The second kappa shape index (κ2) is 8.04. The van der Waals surface area contributed by atoms with Crippen LogP contribution >= 0.6 is 0 Å². The molecule has 8 heteroatoms. The normalized spacial score (nSPS) is 11.7. The van der Waals surface area contributed by atoms with Gasteiger partial charge < -0.3 is 5.32 Å². The van der Waals surface area contributed by atoms with Crippen LogP contribution in [0.15, 0.2) is 65.6 Å². The Morgan fingerprint density at radius 3 is 2.25 bits per heavy atom. The molecule has 3 aromatic carbocycles. The molecule has 1 N–H and O–H groups in total. The van der Waals surface area contributed by atoms with Gasteiger partial charge in [0.1, 0.15) is 17.3 Å². The quantitative estimate of drug-likeness (QED) is 0.680. The van der Waals surface area contributed by atoms with E-state index in [4.69, 9.17) is 0 Å². The predicted molar refractivity (Wildman–Crippen MR) is 103 cm³/mol. The van der Waals surface area contributed by atoms with Crippen molar-refractivity contribution in [2.24, 2.45) is 0 Å². The molecule has 3 aromatic rings. The summed E-state index contributed by atoms with van der Waals surface area (Å²) < 4.78 is 54.2. The molecule has 0 radical (unpaired) electrons. The summed E-state index contributed by atoms with van der Waals surface area (Å²) in [6, 6.07) is 15.2. The van der Waals surface area contributed by atoms with Crippen molar-refractivity contribution in [1.29, 1.82) is 0 Å². The Morgan fingerprint density at radius 1 is 0.964 bits per heavy atom. The van der Waals surface area contributed by atoms with Crippen molar-refractivity contribution in [3.63, 3.8) is 0 Å². The molecule has 5 nitrogen and oxygen atoms in total. The fourth-order valence-corrected chi connectivity index (χ4v) is 4.24. The van der Waals surface area contributed by atoms with Crippen LogP contribution in [0, 0.1) is 11.6 Å². The van der Waals surface area contributed by atoms with Crippen molar-refractivity contribution in [1.82, 2.24) is 4.31 Å². The predicted octanol–water partition coefficient (Wildman–Crippen LogP) is 3.77. The maximum atomic E-state index is 13.7. The van der Waals surface area contributed by atoms with E-state index in [0.29, 0.717) is 0 Å². The number of nitrogens with zero attached hydrogens (tertiary/aromatic N) is 1. The van der Waals surface area contributed by atoms with Gasteiger partial charge in [-0.2, -0.15) is 4.31 Å². The van der Waals surface area contributed by atoms with E-state index in [1.165, 1.54) is 18.2 Å². The average molecular weight is 404 g/mol. The molecule has 0 bridgehead atoms. The third-order valence-corrected chi connectivity index (χ3v) is 6.18. The van der Waals surface area contributed by atoms with E-state index in [-0.39, 0.29) is 11.4 Å². The molecule has 0 aliphatic heterocycles. The van der Waals surface area contributed by atoms with Gasteiger partial charge in [-0.05, 0) is 35.0 Å². The molecule has 0 saturated heterocycles. The highest BCUT2D eigenvalue weighted by Crippen LogP contribution is 2.22. The number of hydrogen-bond acceptors (Lipinski definition) is 3. The summed E-state index contributed by atoms with van der Waals surface area (Å²) in [6.07, 6.45) is 0. The monoisotopic (exact) mass is 404 g/mol. The minimum Gasteiger partial charge on any atom is -0.320 e. The molecule has 28 heavy (non-hydrogen) atoms. The van der Waals surface area contributed by atoms with Crippen LogP contribution in [-0.4, -0.2) is 31.7 Å². The topological polar surface area (TPSA) is 66.5 Å². The fraction of sp³-hybridized carbons (Fsp3) is 0.150. The van der Waals surface area contributed by atoms with Crippen LogP contribution in [0.25, 0.3) is 10.8 Å². The summed E-state index contributed by atoms with van der Waals surface area (Å²) in [5.41, 5.74) is -0.605. The second-order valence-electron chi connectivity index (χ2n) is 6.09. The van der Waals surface area contributed by atoms with Gasteiger partial charge in [-0.15, -0.1) is 0 Å². The Kier molecular flexibility index (Phi) is 5.71. The highest BCUT2D eigenvalue weighted by molar-refractivity contribution is 7.89. The van der Waals surface area contributed by atoms with Gasteiger partial charge in [0.25, 0.3) is 0 Å². The lowest BCUT2D eigenvalue weighted by Crippen LogP contribution is -2.38. The second-order valence-corrected chi connectivity index (χ2v) is 8.02. The molecule has 0 aliphatic carbocycles. The largest absolute Gasteiger partial charge is 0.320 e. The maximum absolute atomic E-state index is 13.7. The number of likely N-dealkylation sites (N-methyl/N-ethyl adjacent to an activating group) is 1. The Morgan fingerprint density at radius 2 is 1.61 bits per heavy atom. The van der Waals surface area contributed by atoms with Gasteiger partial charge in [0.05, 0.1) is 11.4 Å². The minimum atomic E-state index is -3.97. The van der Waals surface area contributed by atoms with E-state index in [1.54, 1.807) is 25.1 Å². The lowest BCUT2D eigenvalue weighted by atomic mass is 10.1. The molecular weight excluding hydrogens is 386 g/mol. The summed E-state index contributed by atoms with van der Waals surface area (Å²) >= 11 is 0. The Bertz CT molecular complexity index is 1110. The number of anilines is 1. The number of sulfonamides is 1. The van der Waals surface area contributed by atoms with Gasteiger partial charge >= 0.3 is 0 Å². The molecule has 146 valence electrons. The van der Waals surface area contributed by atoms with Crippen LogP contribution in [0.3, 0.4) is 0 Å². The highest BCUT2D eigenvalue weighted by atomic mass is 32.2. The van der Waals surface area contributed by atoms with Gasteiger partial charge in [-0.25, -0.2) is 17.2 Å². The van der Waals surface area contributed by atoms with Crippen molar-refractivity contribution in [2.75, 3.05) is 18.4 Å². The number of hydrogen-bond donors (Lipinski definition) is 1. The smallest absolute Gasteiger partial charge is 0.243 e. The zero-order valence-corrected chi connectivity index (χ0v) is 15.8. The molecule has 0 aromatic heterocycles. The number of fused-ring (bicyclic) bond motifs is 1. The minimum absolute atomic E-state index is 0.0162. The third-order valence-electron chi connectivity index (χ3n) is 4.26. The number of halogens is 2. The van der Waals surface area contributed by atoms with Gasteiger partial charge in [-0.3, -0.25) is 4.79 Å². The van der Waals surface area contributed by atoms with E-state index in [1.807, 2.05) is 12.1 Å². The SMILES string of the molecule is CCN(CC(=O)Nc1c(F)cccc1F)S(=O)(=O)c1ccc2ccccc2c1. The van der Waals surface area contributed by atoms with Crippen molar-refractivity contribution < 1.29 is 22.0 Å². The number of carbonyl (C=O) groups excluding carboxylic acids is 1. The van der Waals surface area contributed by atoms with E-state index >= 15 is 0 Å². The lowest BCUT2D eigenvalue weighted by molar-refractivity contribution is -0.116. The zero-order chi connectivity index (χ0) is 20.3. The number of rotatable bonds is 6. The molecule has 0 unspecified atom stereocenters. The highest BCUT2D eigenvalue weighted by Gasteiger charge is 2.26. The third kappa shape index (κ3) is 4.02. The summed E-state index contributed by atoms with van der Waals surface area (Å²) in [5, 5.41) is 3.74. The van der Waals surface area contributed by atoms with Crippen LogP contribution in [0.2, 0.25) is 0 Å². The standard InChI is InChI=1S/C20H18F2N2O3S/c1-2-24(13-19(25)23-20-17(21)8-5-9-18(20)22)28(26,27)16-11-10-14-6-3-4-7-15(14)12-16/h3-12H,2,13H2,1H3,(H,23,25). The van der Waals surface area contributed by atoms with Crippen molar-refractivity contribution >= 4 is 32.4 Å². The van der Waals surface area contributed by atoms with Gasteiger partial charge in [0.2, 0.25) is 15.9 Å². The van der Waals surface area contributed by atoms with Crippen LogP contribution in [-0.2, 0) is 14.8 Å². The molecule has 0 spiro atoms. The molecule has 1 amide bonds. The van der Waals surface area contributed by atoms with Gasteiger partial charge in [-0.1, -0.05) is 43.3 Å². The van der Waals surface area contributed by atoms with Crippen LogP contribution in [0.4, 0.5) is 14.5 Å². The van der Waals surface area contributed by atoms with Gasteiger partial charge in [0.15, 0.2) is 0 Å². The summed E-state index contributed by atoms with van der Waals surface area (Å²) in [4.78, 5) is 12.3. The number of carbonyl (C=O) groups is 1. The molecule has 0 heterocycles. The van der Waals surface area contributed by atoms with Crippen LogP contribution in [0.1, 0.15) is 6.92 Å². The molecule has 0 atom stereocenters. The first-order chi connectivity index (χ1) is 13.3. The maximum Gasteiger partial charge on any atom is 0.243 e. The summed E-state index contributed by atoms with van der Waals surface area (Å²) in [7, 11) is -3.97. The van der Waals surface area contributed by atoms with Crippen molar-refractivity contribution in [3.8, 4) is 0 Å². The zero-order valence-electron chi connectivity index (χ0n) is 15.0. The first-order valence-corrected chi connectivity index (χ1v) is 9.99. The molecule has 0 saturated carbocycles. The number of benzene rings is 3. The Labute approximate surface area is 161 Å². The van der Waals surface area contributed by atoms with Crippen LogP contribution < -0.4 is 5.32 Å². The molecule has 0 fully saturated rings. The molecule has 3 rings (SSSR count). The lowest BCUT2D eigenvalue weighted by Gasteiger charge is -2.20. The Balaban J connectivity index is 1.83.